The molecular weight excluding hydrogens is 276 g/mol. The second-order valence-corrected chi connectivity index (χ2v) is 3.44. The molecule has 4 N–H and O–H groups in total. The van der Waals surface area contributed by atoms with Crippen molar-refractivity contribution in [2.45, 2.75) is 93.9 Å². The second-order valence-electron chi connectivity index (χ2n) is 3.44. The van der Waals surface area contributed by atoms with Crippen molar-refractivity contribution in [3.8, 4) is 0 Å². The fraction of sp³-hybridized carbons (Fsp3) is 1.00. The summed E-state index contributed by atoms with van der Waals surface area (Å²) in [5.41, 5.74) is 0. The molecular formula is C18H48N2O2. The van der Waals surface area contributed by atoms with Gasteiger partial charge in [0.05, 0.1) is 13.5 Å². The third-order valence-corrected chi connectivity index (χ3v) is 2.18. The summed E-state index contributed by atoms with van der Waals surface area (Å²) in [5, 5.41) is 22.7. The van der Waals surface area contributed by atoms with Gasteiger partial charge < -0.3 is 10.2 Å². The van der Waals surface area contributed by atoms with Gasteiger partial charge in [0.2, 0.25) is 0 Å². The number of hydrogen-bond acceptors (Lipinski definition) is 4. The number of aliphatic hydroxyl groups is 2. The van der Waals surface area contributed by atoms with Crippen LogP contribution in [0.2, 0.25) is 0 Å². The van der Waals surface area contributed by atoms with Crippen LogP contribution in [0.1, 0.15) is 93.9 Å². The summed E-state index contributed by atoms with van der Waals surface area (Å²) < 4.78 is 0. The molecule has 0 saturated heterocycles. The van der Waals surface area contributed by atoms with E-state index in [0.29, 0.717) is 0 Å². The highest BCUT2D eigenvalue weighted by Gasteiger charge is 1.91. The van der Waals surface area contributed by atoms with Gasteiger partial charge in [0.1, 0.15) is 0 Å². The van der Waals surface area contributed by atoms with Crippen molar-refractivity contribution in [1.82, 2.24) is 10.6 Å². The molecule has 0 spiro atoms. The number of rotatable bonds is 11. The molecule has 0 rings (SSSR count). The Balaban J connectivity index is -0.000000103. The van der Waals surface area contributed by atoms with Crippen LogP contribution in [0.15, 0.2) is 0 Å². The molecule has 0 aromatic rings. The van der Waals surface area contributed by atoms with Gasteiger partial charge in [-0.15, -0.1) is 0 Å². The Bertz CT molecular complexity index is 93.1. The third-order valence-electron chi connectivity index (χ3n) is 2.18. The first kappa shape index (κ1) is 33.4. The van der Waals surface area contributed by atoms with Crippen LogP contribution in [0.5, 0.6) is 0 Å². The number of nitrogens with one attached hydrogen (secondary N) is 2. The van der Waals surface area contributed by atoms with E-state index in [-0.39, 0.29) is 13.5 Å². The highest BCUT2D eigenvalue weighted by Crippen LogP contribution is 2.04. The van der Waals surface area contributed by atoms with Gasteiger partial charge in [0, 0.05) is 0 Å². The zero-order chi connectivity index (χ0) is 18.5. The number of hydrogen-bond donors (Lipinski definition) is 4. The largest absolute Gasteiger partial charge is 0.381 e. The highest BCUT2D eigenvalue weighted by molar-refractivity contribution is 4.48. The SMILES string of the molecule is CC.CC.CC.CC.OCNCCCCCCCCNCO. The summed E-state index contributed by atoms with van der Waals surface area (Å²) in [6.45, 7) is 18.0. The Morgan fingerprint density at radius 1 is 0.455 bits per heavy atom. The molecule has 0 atom stereocenters. The van der Waals surface area contributed by atoms with Gasteiger partial charge in [-0.3, -0.25) is 10.6 Å². The lowest BCUT2D eigenvalue weighted by atomic mass is 10.1. The molecule has 0 aromatic carbocycles. The first-order valence-corrected chi connectivity index (χ1v) is 9.55. The lowest BCUT2D eigenvalue weighted by Crippen LogP contribution is -2.16. The molecule has 22 heavy (non-hydrogen) atoms. The van der Waals surface area contributed by atoms with Gasteiger partial charge in [0.15, 0.2) is 0 Å². The molecule has 142 valence electrons. The molecule has 0 saturated carbocycles. The molecule has 0 aliphatic rings. The van der Waals surface area contributed by atoms with Crippen LogP contribution in [0.25, 0.3) is 0 Å². The highest BCUT2D eigenvalue weighted by atomic mass is 16.3. The molecule has 0 aliphatic carbocycles. The van der Waals surface area contributed by atoms with E-state index in [2.05, 4.69) is 10.6 Å². The van der Waals surface area contributed by atoms with Crippen molar-refractivity contribution < 1.29 is 10.2 Å². The molecule has 0 aromatic heterocycles. The maximum absolute atomic E-state index is 8.45. The predicted molar refractivity (Wildman–Crippen MR) is 103 cm³/mol. The van der Waals surface area contributed by atoms with Gasteiger partial charge in [0.25, 0.3) is 0 Å². The fourth-order valence-corrected chi connectivity index (χ4v) is 1.37. The maximum atomic E-state index is 8.45. The van der Waals surface area contributed by atoms with E-state index in [4.69, 9.17) is 10.2 Å². The van der Waals surface area contributed by atoms with Crippen LogP contribution >= 0.6 is 0 Å². The van der Waals surface area contributed by atoms with Crippen molar-refractivity contribution in [3.05, 3.63) is 0 Å². The van der Waals surface area contributed by atoms with Crippen molar-refractivity contribution in [2.75, 3.05) is 26.6 Å². The second kappa shape index (κ2) is 58.5. The Morgan fingerprint density at radius 3 is 0.909 bits per heavy atom. The molecule has 0 unspecified atom stereocenters. The average Bonchev–Trinajstić information content (AvgIpc) is 2.63. The van der Waals surface area contributed by atoms with E-state index in [1.807, 2.05) is 55.4 Å². The average molecular weight is 325 g/mol. The zero-order valence-corrected chi connectivity index (χ0v) is 17.0. The minimum atomic E-state index is 0.0901. The van der Waals surface area contributed by atoms with Crippen LogP contribution in [0, 0.1) is 0 Å². The lowest BCUT2D eigenvalue weighted by molar-refractivity contribution is 0.258. The lowest BCUT2D eigenvalue weighted by Gasteiger charge is -2.02. The van der Waals surface area contributed by atoms with Crippen molar-refractivity contribution in [1.29, 1.82) is 0 Å². The van der Waals surface area contributed by atoms with Crippen molar-refractivity contribution >= 4 is 0 Å². The summed E-state index contributed by atoms with van der Waals surface area (Å²) >= 11 is 0. The van der Waals surface area contributed by atoms with Crippen LogP contribution in [0.3, 0.4) is 0 Å². The molecule has 4 nitrogen and oxygen atoms in total. The van der Waals surface area contributed by atoms with Crippen molar-refractivity contribution in [3.63, 3.8) is 0 Å². The Hall–Kier alpha value is -0.160. The van der Waals surface area contributed by atoms with E-state index in [0.717, 1.165) is 25.9 Å². The normalized spacial score (nSPS) is 7.91. The Labute approximate surface area is 142 Å². The maximum Gasteiger partial charge on any atom is 0.0931 e. The minimum Gasteiger partial charge on any atom is -0.381 e. The summed E-state index contributed by atoms with van der Waals surface area (Å²) in [4.78, 5) is 0. The smallest absolute Gasteiger partial charge is 0.0931 e. The summed E-state index contributed by atoms with van der Waals surface area (Å²) in [6, 6.07) is 0. The molecule has 0 bridgehead atoms. The summed E-state index contributed by atoms with van der Waals surface area (Å²) in [5.74, 6) is 0. The van der Waals surface area contributed by atoms with Gasteiger partial charge in [-0.25, -0.2) is 0 Å². The predicted octanol–water partition coefficient (Wildman–Crippen LogP) is 4.51. The first-order valence-electron chi connectivity index (χ1n) is 9.55. The van der Waals surface area contributed by atoms with E-state index >= 15 is 0 Å². The van der Waals surface area contributed by atoms with Crippen LogP contribution in [-0.4, -0.2) is 36.8 Å². The third kappa shape index (κ3) is 59.9. The number of aliphatic hydroxyl groups excluding tert-OH is 2. The van der Waals surface area contributed by atoms with E-state index in [1.165, 1.54) is 25.7 Å². The monoisotopic (exact) mass is 324 g/mol. The van der Waals surface area contributed by atoms with Gasteiger partial charge >= 0.3 is 0 Å². The molecule has 0 amide bonds. The van der Waals surface area contributed by atoms with E-state index in [9.17, 15) is 0 Å². The fourth-order valence-electron chi connectivity index (χ4n) is 1.37. The zero-order valence-electron chi connectivity index (χ0n) is 17.0. The number of unbranched alkanes of at least 4 members (excludes halogenated alkanes) is 5. The van der Waals surface area contributed by atoms with E-state index in [1.54, 1.807) is 0 Å². The Kier molecular flexibility index (Phi) is 89.0. The molecule has 0 radical (unpaired) electrons. The topological polar surface area (TPSA) is 64.5 Å². The summed E-state index contributed by atoms with van der Waals surface area (Å²) in [7, 11) is 0. The van der Waals surface area contributed by atoms with Crippen LogP contribution < -0.4 is 10.6 Å². The first-order chi connectivity index (χ1) is 10.9. The van der Waals surface area contributed by atoms with Crippen molar-refractivity contribution in [2.24, 2.45) is 0 Å². The standard InChI is InChI=1S/C10H24N2O2.4C2H6/c13-9-11-7-5-3-1-2-4-6-8-12-10-14;4*1-2/h11-14H,1-10H2;4*1-2H3. The van der Waals surface area contributed by atoms with Gasteiger partial charge in [-0.1, -0.05) is 81.1 Å². The van der Waals surface area contributed by atoms with Gasteiger partial charge in [-0.05, 0) is 25.9 Å². The molecule has 0 aliphatic heterocycles. The van der Waals surface area contributed by atoms with E-state index < -0.39 is 0 Å². The quantitative estimate of drug-likeness (QED) is 0.333. The van der Waals surface area contributed by atoms with Crippen LogP contribution in [-0.2, 0) is 0 Å². The molecule has 0 fully saturated rings. The van der Waals surface area contributed by atoms with Crippen LogP contribution in [0.4, 0.5) is 0 Å². The summed E-state index contributed by atoms with van der Waals surface area (Å²) in [6.07, 6.45) is 7.31. The Morgan fingerprint density at radius 2 is 0.682 bits per heavy atom. The minimum absolute atomic E-state index is 0.0901. The molecule has 0 heterocycles. The van der Waals surface area contributed by atoms with Gasteiger partial charge in [-0.2, -0.15) is 0 Å². The molecule has 4 heteroatoms.